The summed E-state index contributed by atoms with van der Waals surface area (Å²) in [6.45, 7) is 1.84. The molecule has 0 aliphatic rings. The summed E-state index contributed by atoms with van der Waals surface area (Å²) in [4.78, 5) is 11.5. The fourth-order valence-electron chi connectivity index (χ4n) is 1.42. The quantitative estimate of drug-likeness (QED) is 0.594. The Hall–Kier alpha value is -1.09. The average Bonchev–Trinajstić information content (AvgIpc) is 2.59. The van der Waals surface area contributed by atoms with Gasteiger partial charge in [-0.25, -0.2) is 0 Å². The van der Waals surface area contributed by atoms with Crippen molar-refractivity contribution in [1.29, 1.82) is 0 Å². The van der Waals surface area contributed by atoms with Crippen LogP contribution in [0.5, 0.6) is 0 Å². The van der Waals surface area contributed by atoms with E-state index in [4.69, 9.17) is 0 Å². The topological polar surface area (TPSA) is 21.5 Å². The van der Waals surface area contributed by atoms with Crippen LogP contribution in [0.3, 0.4) is 0 Å². The van der Waals surface area contributed by atoms with Crippen molar-refractivity contribution in [3.8, 4) is 0 Å². The van der Waals surface area contributed by atoms with Gasteiger partial charge in [-0.05, 0) is 25.1 Å². The maximum absolute atomic E-state index is 11.7. The van der Waals surface area contributed by atoms with Crippen molar-refractivity contribution >= 4 is 27.2 Å². The molecule has 0 aromatic carbocycles. The average molecular weight is 252 g/mol. The Kier molecular flexibility index (Phi) is 2.42. The fourth-order valence-corrected chi connectivity index (χ4v) is 1.68. The van der Waals surface area contributed by atoms with Gasteiger partial charge in [0.1, 0.15) is 0 Å². The molecule has 0 fully saturated rings. The van der Waals surface area contributed by atoms with Crippen LogP contribution in [0.25, 0.3) is 5.52 Å². The van der Waals surface area contributed by atoms with E-state index in [1.807, 2.05) is 48.0 Å². The number of alkyl halides is 1. The second-order valence-electron chi connectivity index (χ2n) is 3.24. The smallest absolute Gasteiger partial charge is 0.177 e. The first-order chi connectivity index (χ1) is 6.68. The zero-order valence-electron chi connectivity index (χ0n) is 7.77. The summed E-state index contributed by atoms with van der Waals surface area (Å²) in [7, 11) is 0. The van der Waals surface area contributed by atoms with Crippen LogP contribution < -0.4 is 0 Å². The van der Waals surface area contributed by atoms with Gasteiger partial charge < -0.3 is 4.40 Å². The van der Waals surface area contributed by atoms with Crippen molar-refractivity contribution in [2.75, 3.05) is 0 Å². The number of ketones is 1. The van der Waals surface area contributed by atoms with E-state index >= 15 is 0 Å². The predicted molar refractivity (Wildman–Crippen MR) is 60.1 cm³/mol. The first-order valence-electron chi connectivity index (χ1n) is 4.43. The van der Waals surface area contributed by atoms with E-state index in [2.05, 4.69) is 15.9 Å². The lowest BCUT2D eigenvalue weighted by Gasteiger charge is -1.97. The lowest BCUT2D eigenvalue weighted by atomic mass is 10.2. The van der Waals surface area contributed by atoms with Crippen molar-refractivity contribution in [1.82, 2.24) is 4.40 Å². The largest absolute Gasteiger partial charge is 0.323 e. The lowest BCUT2D eigenvalue weighted by molar-refractivity contribution is 0.0996. The minimum absolute atomic E-state index is 0.119. The van der Waals surface area contributed by atoms with Crippen molar-refractivity contribution in [3.05, 3.63) is 42.2 Å². The van der Waals surface area contributed by atoms with Crippen molar-refractivity contribution in [2.24, 2.45) is 0 Å². The van der Waals surface area contributed by atoms with Crippen molar-refractivity contribution in [2.45, 2.75) is 11.8 Å². The van der Waals surface area contributed by atoms with E-state index in [0.29, 0.717) is 0 Å². The van der Waals surface area contributed by atoms with Gasteiger partial charge in [0, 0.05) is 23.5 Å². The van der Waals surface area contributed by atoms with Crippen LogP contribution in [0.1, 0.15) is 17.3 Å². The third kappa shape index (κ3) is 1.60. The second kappa shape index (κ2) is 3.58. The van der Waals surface area contributed by atoms with Gasteiger partial charge in [-0.15, -0.1) is 0 Å². The van der Waals surface area contributed by atoms with Gasteiger partial charge in [0.05, 0.1) is 4.83 Å². The maximum Gasteiger partial charge on any atom is 0.177 e. The van der Waals surface area contributed by atoms with Crippen LogP contribution in [0.4, 0.5) is 0 Å². The summed E-state index contributed by atoms with van der Waals surface area (Å²) in [5.74, 6) is 0.119. The number of nitrogens with zero attached hydrogens (tertiary/aromatic N) is 1. The summed E-state index contributed by atoms with van der Waals surface area (Å²) < 4.78 is 1.95. The molecule has 2 aromatic heterocycles. The third-order valence-electron chi connectivity index (χ3n) is 2.15. The molecule has 0 spiro atoms. The minimum atomic E-state index is -0.125. The molecule has 1 atom stereocenters. The molecule has 2 aromatic rings. The molecule has 0 unspecified atom stereocenters. The number of carbonyl (C=O) groups excluding carboxylic acids is 1. The summed E-state index contributed by atoms with van der Waals surface area (Å²) in [5.41, 5.74) is 1.80. The Labute approximate surface area is 90.7 Å². The van der Waals surface area contributed by atoms with Gasteiger partial charge in [0.25, 0.3) is 0 Å². The number of fused-ring (bicyclic) bond motifs is 1. The van der Waals surface area contributed by atoms with E-state index in [1.54, 1.807) is 0 Å². The number of Topliss-reactive ketones (excluding diaryl/α,β-unsaturated/α-hetero) is 1. The maximum atomic E-state index is 11.7. The molecule has 2 rings (SSSR count). The number of hydrogen-bond acceptors (Lipinski definition) is 1. The van der Waals surface area contributed by atoms with Crippen molar-refractivity contribution in [3.63, 3.8) is 0 Å². The Bertz CT molecular complexity index is 440. The van der Waals surface area contributed by atoms with Gasteiger partial charge in [-0.1, -0.05) is 22.0 Å². The molecule has 0 bridgehead atoms. The molecule has 0 aliphatic carbocycles. The number of aromatic nitrogens is 1. The highest BCUT2D eigenvalue weighted by molar-refractivity contribution is 9.10. The van der Waals surface area contributed by atoms with Gasteiger partial charge in [0.2, 0.25) is 0 Å². The molecule has 0 saturated carbocycles. The molecule has 2 heterocycles. The molecule has 2 nitrogen and oxygen atoms in total. The Morgan fingerprint density at radius 2 is 2.29 bits per heavy atom. The number of halogens is 1. The zero-order chi connectivity index (χ0) is 10.1. The molecule has 14 heavy (non-hydrogen) atoms. The van der Waals surface area contributed by atoms with Crippen LogP contribution in [-0.4, -0.2) is 15.0 Å². The van der Waals surface area contributed by atoms with E-state index in [0.717, 1.165) is 11.1 Å². The van der Waals surface area contributed by atoms with E-state index < -0.39 is 0 Å². The molecule has 0 aliphatic heterocycles. The van der Waals surface area contributed by atoms with Crippen LogP contribution in [0.15, 0.2) is 36.7 Å². The zero-order valence-corrected chi connectivity index (χ0v) is 9.36. The first-order valence-corrected chi connectivity index (χ1v) is 5.35. The monoisotopic (exact) mass is 251 g/mol. The van der Waals surface area contributed by atoms with E-state index in [9.17, 15) is 4.79 Å². The first kappa shape index (κ1) is 9.46. The Morgan fingerprint density at radius 1 is 1.50 bits per heavy atom. The molecule has 72 valence electrons. The molecule has 0 radical (unpaired) electrons. The van der Waals surface area contributed by atoms with Gasteiger partial charge in [-0.3, -0.25) is 4.79 Å². The lowest BCUT2D eigenvalue weighted by Crippen LogP contribution is -2.08. The predicted octanol–water partition coefficient (Wildman–Crippen LogP) is 2.91. The van der Waals surface area contributed by atoms with Gasteiger partial charge >= 0.3 is 0 Å². The van der Waals surface area contributed by atoms with E-state index in [1.165, 1.54) is 0 Å². The van der Waals surface area contributed by atoms with E-state index in [-0.39, 0.29) is 10.6 Å². The number of carbonyl (C=O) groups is 1. The summed E-state index contributed by atoms with van der Waals surface area (Å²) in [5, 5.41) is 0. The minimum Gasteiger partial charge on any atom is -0.323 e. The summed E-state index contributed by atoms with van der Waals surface area (Å²) >= 11 is 3.27. The molecule has 0 N–H and O–H groups in total. The van der Waals surface area contributed by atoms with Gasteiger partial charge in [0.15, 0.2) is 5.78 Å². The normalized spacial score (nSPS) is 13.0. The van der Waals surface area contributed by atoms with Crippen molar-refractivity contribution < 1.29 is 4.79 Å². The standard InChI is InChI=1S/C11H10BrNO/c1-8(12)11(14)9-6-10-4-2-3-5-13(10)7-9/h2-8H,1H3/t8-/m0/s1. The molecular formula is C11H10BrNO. The second-order valence-corrected chi connectivity index (χ2v) is 4.62. The number of pyridine rings is 1. The molecular weight excluding hydrogens is 242 g/mol. The summed E-state index contributed by atoms with van der Waals surface area (Å²) in [6, 6.07) is 7.79. The molecule has 0 amide bonds. The third-order valence-corrected chi connectivity index (χ3v) is 2.57. The molecule has 0 saturated heterocycles. The molecule has 3 heteroatoms. The highest BCUT2D eigenvalue weighted by Gasteiger charge is 2.13. The number of hydrogen-bond donors (Lipinski definition) is 0. The van der Waals surface area contributed by atoms with Crippen LogP contribution in [0, 0.1) is 0 Å². The summed E-state index contributed by atoms with van der Waals surface area (Å²) in [6.07, 6.45) is 3.79. The SMILES string of the molecule is C[C@H](Br)C(=O)c1cc2ccccn2c1. The highest BCUT2D eigenvalue weighted by Crippen LogP contribution is 2.14. The van der Waals surface area contributed by atoms with Gasteiger partial charge in [-0.2, -0.15) is 0 Å². The number of rotatable bonds is 2. The highest BCUT2D eigenvalue weighted by atomic mass is 79.9. The van der Waals surface area contributed by atoms with Crippen LogP contribution >= 0.6 is 15.9 Å². The Balaban J connectivity index is 2.50. The van der Waals surface area contributed by atoms with Crippen LogP contribution in [-0.2, 0) is 0 Å². The van der Waals surface area contributed by atoms with Crippen LogP contribution in [0.2, 0.25) is 0 Å². The Morgan fingerprint density at radius 3 is 2.93 bits per heavy atom. The fraction of sp³-hybridized carbons (Fsp3) is 0.182.